The van der Waals surface area contributed by atoms with Crippen molar-refractivity contribution in [2.75, 3.05) is 11.9 Å². The average molecular weight is 376 g/mol. The molecule has 0 aliphatic carbocycles. The fraction of sp³-hybridized carbons (Fsp3) is 0.444. The second-order valence-corrected chi connectivity index (χ2v) is 7.52. The Labute approximate surface area is 157 Å². The van der Waals surface area contributed by atoms with Crippen LogP contribution in [0.5, 0.6) is 5.19 Å². The number of nitrogens with zero attached hydrogens (tertiary/aromatic N) is 3. The van der Waals surface area contributed by atoms with Gasteiger partial charge in [-0.3, -0.25) is 10.3 Å². The normalized spacial score (nSPS) is 20.3. The number of ether oxygens (including phenoxy) is 2. The summed E-state index contributed by atoms with van der Waals surface area (Å²) >= 11 is 1.13. The van der Waals surface area contributed by atoms with Gasteiger partial charge in [0.25, 0.3) is 5.19 Å². The lowest BCUT2D eigenvalue weighted by Gasteiger charge is -2.18. The summed E-state index contributed by atoms with van der Waals surface area (Å²) in [5, 5.41) is 11.0. The van der Waals surface area contributed by atoms with E-state index in [9.17, 15) is 4.79 Å². The molecule has 1 N–H and O–H groups in total. The van der Waals surface area contributed by atoms with E-state index in [-0.39, 0.29) is 6.61 Å². The van der Waals surface area contributed by atoms with Crippen molar-refractivity contribution in [3.05, 3.63) is 36.1 Å². The van der Waals surface area contributed by atoms with Crippen molar-refractivity contribution < 1.29 is 14.3 Å². The van der Waals surface area contributed by atoms with Crippen LogP contribution in [-0.4, -0.2) is 34.7 Å². The van der Waals surface area contributed by atoms with Crippen LogP contribution in [0.3, 0.4) is 0 Å². The summed E-state index contributed by atoms with van der Waals surface area (Å²) in [6.45, 7) is 9.44. The number of aliphatic imine (C=N–C) groups is 1. The van der Waals surface area contributed by atoms with Crippen molar-refractivity contribution in [1.29, 1.82) is 0 Å². The second kappa shape index (κ2) is 9.28. The van der Waals surface area contributed by atoms with Gasteiger partial charge in [0.15, 0.2) is 0 Å². The molecule has 1 aromatic rings. The summed E-state index contributed by atoms with van der Waals surface area (Å²) in [4.78, 5) is 16.2. The lowest BCUT2D eigenvalue weighted by molar-refractivity contribution is 0.0636. The van der Waals surface area contributed by atoms with Crippen LogP contribution in [0.4, 0.5) is 9.93 Å². The van der Waals surface area contributed by atoms with Crippen molar-refractivity contribution in [2.45, 2.75) is 45.6 Å². The van der Waals surface area contributed by atoms with Gasteiger partial charge in [-0.25, -0.2) is 4.79 Å². The van der Waals surface area contributed by atoms with Gasteiger partial charge in [-0.1, -0.05) is 29.9 Å². The molecule has 0 spiro atoms. The van der Waals surface area contributed by atoms with Gasteiger partial charge in [-0.05, 0) is 56.9 Å². The highest BCUT2D eigenvalue weighted by atomic mass is 32.1. The third-order valence-electron chi connectivity index (χ3n) is 3.14. The van der Waals surface area contributed by atoms with Crippen LogP contribution in [0.25, 0.3) is 0 Å². The van der Waals surface area contributed by atoms with Crippen LogP contribution < -0.4 is 10.1 Å². The van der Waals surface area contributed by atoms with E-state index in [2.05, 4.69) is 39.2 Å². The summed E-state index contributed by atoms with van der Waals surface area (Å²) in [5.74, 6) is 0. The monoisotopic (exact) mass is 376 g/mol. The number of amides is 1. The van der Waals surface area contributed by atoms with Gasteiger partial charge in [0.1, 0.15) is 12.2 Å². The molecule has 1 aromatic heterocycles. The summed E-state index contributed by atoms with van der Waals surface area (Å²) in [5.41, 5.74) is 1.24. The minimum atomic E-state index is -0.576. The zero-order valence-corrected chi connectivity index (χ0v) is 16.1. The van der Waals surface area contributed by atoms with E-state index in [1.54, 1.807) is 33.1 Å². The molecular weight excluding hydrogens is 352 g/mol. The zero-order valence-electron chi connectivity index (χ0n) is 15.3. The Morgan fingerprint density at radius 2 is 2.12 bits per heavy atom. The van der Waals surface area contributed by atoms with Gasteiger partial charge in [0.05, 0.1) is 5.70 Å². The van der Waals surface area contributed by atoms with Crippen LogP contribution in [0.15, 0.2) is 41.1 Å². The summed E-state index contributed by atoms with van der Waals surface area (Å²) in [6, 6.07) is 0. The maximum Gasteiger partial charge on any atom is 0.414 e. The molecule has 1 aliphatic heterocycles. The van der Waals surface area contributed by atoms with Crippen molar-refractivity contribution in [3.63, 3.8) is 0 Å². The van der Waals surface area contributed by atoms with Crippen molar-refractivity contribution in [3.8, 4) is 5.19 Å². The molecule has 2 heterocycles. The van der Waals surface area contributed by atoms with Gasteiger partial charge in [-0.2, -0.15) is 0 Å². The second-order valence-electron chi connectivity index (χ2n) is 6.58. The van der Waals surface area contributed by atoms with Gasteiger partial charge >= 0.3 is 6.09 Å². The van der Waals surface area contributed by atoms with Crippen LogP contribution in [0.1, 0.15) is 40.0 Å². The zero-order chi connectivity index (χ0) is 19.0. The Morgan fingerprint density at radius 1 is 1.35 bits per heavy atom. The molecule has 26 heavy (non-hydrogen) atoms. The Morgan fingerprint density at radius 3 is 2.85 bits per heavy atom. The molecule has 0 radical (unpaired) electrons. The number of hydrogen-bond donors (Lipinski definition) is 1. The number of carbonyl (C=O) groups is 1. The largest absolute Gasteiger partial charge is 0.462 e. The molecule has 1 amide bonds. The number of carbonyl (C=O) groups excluding carboxylic acids is 1. The highest BCUT2D eigenvalue weighted by molar-refractivity contribution is 7.17. The molecule has 2 rings (SSSR count). The molecule has 140 valence electrons. The number of allylic oxidation sites excluding steroid dienone is 4. The first kappa shape index (κ1) is 19.8. The highest BCUT2D eigenvalue weighted by Gasteiger charge is 2.18. The molecule has 0 saturated carbocycles. The lowest BCUT2D eigenvalue weighted by Crippen LogP contribution is -2.27. The minimum absolute atomic E-state index is 0.280. The lowest BCUT2D eigenvalue weighted by atomic mass is 10.2. The van der Waals surface area contributed by atoms with Crippen LogP contribution in [0, 0.1) is 0 Å². The molecule has 0 atom stereocenters. The molecule has 8 heteroatoms. The molecule has 0 aromatic carbocycles. The van der Waals surface area contributed by atoms with Crippen molar-refractivity contribution in [1.82, 2.24) is 10.2 Å². The van der Waals surface area contributed by atoms with Crippen LogP contribution in [0.2, 0.25) is 0 Å². The topological polar surface area (TPSA) is 85.7 Å². The summed E-state index contributed by atoms with van der Waals surface area (Å²) < 4.78 is 10.8. The number of rotatable bonds is 5. The van der Waals surface area contributed by atoms with Crippen LogP contribution in [-0.2, 0) is 4.74 Å². The molecule has 0 unspecified atom stereocenters. The SMILES string of the molecule is C=CC1=C\CCC/C=C(COc2nnc(NC(=O)OC(C)(C)C)s2)/N=C\1. The standard InChI is InChI=1S/C18H24N4O3S/c1-5-13-9-7-6-8-10-14(19-11-13)12-24-17-22-21-15(26-17)20-16(23)25-18(2,3)4/h5,9-11H,1,6-8,12H2,2-4H3,(H,20,21,23)/b13-9+,14-10+,19-11-. The Balaban J connectivity index is 1.90. The third-order valence-corrected chi connectivity index (χ3v) is 3.89. The molecule has 0 saturated heterocycles. The van der Waals surface area contributed by atoms with Crippen LogP contribution >= 0.6 is 11.3 Å². The van der Waals surface area contributed by atoms with E-state index in [0.717, 1.165) is 41.9 Å². The van der Waals surface area contributed by atoms with E-state index < -0.39 is 11.7 Å². The van der Waals surface area contributed by atoms with Gasteiger partial charge in [0, 0.05) is 6.21 Å². The smallest absolute Gasteiger partial charge is 0.414 e. The number of nitrogens with one attached hydrogen (secondary N) is 1. The van der Waals surface area contributed by atoms with Gasteiger partial charge in [0.2, 0.25) is 5.13 Å². The number of hydrogen-bond acceptors (Lipinski definition) is 7. The molecule has 0 fully saturated rings. The quantitative estimate of drug-likeness (QED) is 0.817. The third kappa shape index (κ3) is 7.18. The first-order chi connectivity index (χ1) is 12.4. The maximum atomic E-state index is 11.7. The van der Waals surface area contributed by atoms with Gasteiger partial charge < -0.3 is 9.47 Å². The van der Waals surface area contributed by atoms with Crippen molar-refractivity contribution >= 4 is 28.8 Å². The highest BCUT2D eigenvalue weighted by Crippen LogP contribution is 2.23. The first-order valence-corrected chi connectivity index (χ1v) is 9.19. The Bertz CT molecular complexity index is 729. The number of anilines is 1. The molecule has 1 aliphatic rings. The van der Waals surface area contributed by atoms with E-state index >= 15 is 0 Å². The molecular formula is C18H24N4O3S. The number of aromatic nitrogens is 2. The molecule has 7 nitrogen and oxygen atoms in total. The summed E-state index contributed by atoms with van der Waals surface area (Å²) in [6.07, 6.45) is 10.1. The Kier molecular flexibility index (Phi) is 7.08. The maximum absolute atomic E-state index is 11.7. The predicted octanol–water partition coefficient (Wildman–Crippen LogP) is 4.51. The first-order valence-electron chi connectivity index (χ1n) is 8.38. The van der Waals surface area contributed by atoms with E-state index in [4.69, 9.17) is 9.47 Å². The van der Waals surface area contributed by atoms with E-state index in [1.165, 1.54) is 0 Å². The van der Waals surface area contributed by atoms with Crippen molar-refractivity contribution in [2.24, 2.45) is 4.99 Å². The fourth-order valence-electron chi connectivity index (χ4n) is 2.00. The fourth-order valence-corrected chi connectivity index (χ4v) is 2.58. The molecule has 0 bridgehead atoms. The Hall–Kier alpha value is -2.48. The van der Waals surface area contributed by atoms with E-state index in [0.29, 0.717) is 10.3 Å². The average Bonchev–Trinajstić information content (AvgIpc) is 3.02. The minimum Gasteiger partial charge on any atom is -0.462 e. The predicted molar refractivity (Wildman–Crippen MR) is 104 cm³/mol. The van der Waals surface area contributed by atoms with E-state index in [1.807, 2.05) is 0 Å². The summed E-state index contributed by atoms with van der Waals surface area (Å²) in [7, 11) is 0. The van der Waals surface area contributed by atoms with Gasteiger partial charge in [-0.15, -0.1) is 5.10 Å².